The van der Waals surface area contributed by atoms with Gasteiger partial charge in [0, 0.05) is 0 Å². The maximum absolute atomic E-state index is 11.8. The van der Waals surface area contributed by atoms with Gasteiger partial charge in [0.15, 0.2) is 12.1 Å². The van der Waals surface area contributed by atoms with Crippen LogP contribution in [0.25, 0.3) is 0 Å². The van der Waals surface area contributed by atoms with Crippen molar-refractivity contribution in [2.75, 3.05) is 14.2 Å². The van der Waals surface area contributed by atoms with Gasteiger partial charge in [-0.2, -0.15) is 0 Å². The Hall–Kier alpha value is -2.44. The highest BCUT2D eigenvalue weighted by Crippen LogP contribution is 2.43. The van der Waals surface area contributed by atoms with Crippen LogP contribution in [-0.2, 0) is 19.1 Å². The molecule has 0 fully saturated rings. The molecule has 1 aromatic rings. The van der Waals surface area contributed by atoms with E-state index in [4.69, 9.17) is 0 Å². The zero-order valence-corrected chi connectivity index (χ0v) is 10.4. The van der Waals surface area contributed by atoms with Crippen LogP contribution in [0.2, 0.25) is 0 Å². The standard InChI is InChI=1S/C12H12N2O5/c1-18-11(15)9-7-5-3-4-6-8(7)10(12(16)19-2)14(9)13-17/h3-6,9-10H,1-2H3/t9-,10+. The Labute approximate surface area is 109 Å². The molecule has 0 bridgehead atoms. The van der Waals surface area contributed by atoms with Gasteiger partial charge < -0.3 is 9.47 Å². The van der Waals surface area contributed by atoms with Crippen LogP contribution in [0.5, 0.6) is 0 Å². The monoisotopic (exact) mass is 264 g/mol. The van der Waals surface area contributed by atoms with Crippen LogP contribution >= 0.6 is 0 Å². The molecule has 2 rings (SSSR count). The first-order chi connectivity index (χ1) is 9.15. The van der Waals surface area contributed by atoms with Crippen molar-refractivity contribution in [3.8, 4) is 0 Å². The summed E-state index contributed by atoms with van der Waals surface area (Å²) < 4.78 is 9.31. The van der Waals surface area contributed by atoms with Crippen LogP contribution < -0.4 is 0 Å². The summed E-state index contributed by atoms with van der Waals surface area (Å²) in [5, 5.41) is 3.65. The number of carbonyl (C=O) groups is 2. The molecule has 0 unspecified atom stereocenters. The third-order valence-corrected chi connectivity index (χ3v) is 3.06. The number of methoxy groups -OCH3 is 2. The van der Waals surface area contributed by atoms with Gasteiger partial charge in [-0.05, 0) is 11.1 Å². The summed E-state index contributed by atoms with van der Waals surface area (Å²) in [4.78, 5) is 34.6. The molecule has 1 heterocycles. The predicted octanol–water partition coefficient (Wildman–Crippen LogP) is 1.11. The molecule has 100 valence electrons. The molecule has 0 amide bonds. The third-order valence-electron chi connectivity index (χ3n) is 3.06. The van der Waals surface area contributed by atoms with Gasteiger partial charge in [-0.25, -0.2) is 14.6 Å². The number of fused-ring (bicyclic) bond motifs is 1. The largest absolute Gasteiger partial charge is 0.467 e. The summed E-state index contributed by atoms with van der Waals surface area (Å²) in [7, 11) is 2.42. The minimum atomic E-state index is -1.03. The highest BCUT2D eigenvalue weighted by atomic mass is 16.5. The van der Waals surface area contributed by atoms with Crippen molar-refractivity contribution in [2.45, 2.75) is 12.1 Å². The van der Waals surface area contributed by atoms with Crippen molar-refractivity contribution in [1.29, 1.82) is 0 Å². The van der Waals surface area contributed by atoms with E-state index in [9.17, 15) is 14.5 Å². The number of carbonyl (C=O) groups excluding carboxylic acids is 2. The number of hydrogen-bond donors (Lipinski definition) is 0. The lowest BCUT2D eigenvalue weighted by Crippen LogP contribution is -2.31. The molecule has 0 N–H and O–H groups in total. The number of esters is 2. The summed E-state index contributed by atoms with van der Waals surface area (Å²) in [6, 6.07) is 4.66. The average molecular weight is 264 g/mol. The second kappa shape index (κ2) is 5.05. The minimum absolute atomic E-state index is 0.518. The van der Waals surface area contributed by atoms with E-state index in [1.165, 1.54) is 14.2 Å². The Morgan fingerprint density at radius 2 is 1.47 bits per heavy atom. The van der Waals surface area contributed by atoms with Gasteiger partial charge in [0.2, 0.25) is 0 Å². The summed E-state index contributed by atoms with van der Waals surface area (Å²) in [5.41, 5.74) is 1.04. The third kappa shape index (κ3) is 1.92. The summed E-state index contributed by atoms with van der Waals surface area (Å²) in [6.07, 6.45) is 0. The molecule has 7 heteroatoms. The smallest absolute Gasteiger partial charge is 0.335 e. The molecule has 7 nitrogen and oxygen atoms in total. The van der Waals surface area contributed by atoms with Gasteiger partial charge in [0.05, 0.1) is 19.5 Å². The Morgan fingerprint density at radius 1 is 1.05 bits per heavy atom. The molecule has 0 aliphatic carbocycles. The molecule has 0 radical (unpaired) electrons. The number of benzene rings is 1. The number of ether oxygens (including phenoxy) is 2. The second-order valence-electron chi connectivity index (χ2n) is 3.94. The predicted molar refractivity (Wildman–Crippen MR) is 63.6 cm³/mol. The fourth-order valence-electron chi connectivity index (χ4n) is 2.23. The fourth-order valence-corrected chi connectivity index (χ4v) is 2.23. The lowest BCUT2D eigenvalue weighted by Gasteiger charge is -2.20. The van der Waals surface area contributed by atoms with E-state index in [2.05, 4.69) is 14.8 Å². The molecule has 2 atom stereocenters. The first kappa shape index (κ1) is 13.0. The molecule has 0 saturated heterocycles. The first-order valence-electron chi connectivity index (χ1n) is 5.51. The normalized spacial score (nSPS) is 20.6. The van der Waals surface area contributed by atoms with E-state index in [-0.39, 0.29) is 0 Å². The van der Waals surface area contributed by atoms with Gasteiger partial charge >= 0.3 is 11.9 Å². The Kier molecular flexibility index (Phi) is 3.46. The van der Waals surface area contributed by atoms with Gasteiger partial charge in [0.25, 0.3) is 0 Å². The second-order valence-corrected chi connectivity index (χ2v) is 3.94. The summed E-state index contributed by atoms with van der Waals surface area (Å²) in [5.74, 6) is -1.31. The van der Waals surface area contributed by atoms with Crippen LogP contribution in [-0.4, -0.2) is 31.2 Å². The van der Waals surface area contributed by atoms with E-state index in [1.54, 1.807) is 24.3 Å². The minimum Gasteiger partial charge on any atom is -0.467 e. The van der Waals surface area contributed by atoms with Crippen LogP contribution in [0, 0.1) is 4.91 Å². The SMILES string of the molecule is COC(=O)[C@@H]1c2ccccc2[C@H](C(=O)OC)N1N=O. The molecule has 0 saturated carbocycles. The number of rotatable bonds is 3. The van der Waals surface area contributed by atoms with Crippen molar-refractivity contribution in [2.24, 2.45) is 5.29 Å². The van der Waals surface area contributed by atoms with Gasteiger partial charge in [-0.3, -0.25) is 0 Å². The van der Waals surface area contributed by atoms with E-state index >= 15 is 0 Å². The summed E-state index contributed by atoms with van der Waals surface area (Å²) >= 11 is 0. The van der Waals surface area contributed by atoms with Crippen molar-refractivity contribution in [3.63, 3.8) is 0 Å². The maximum atomic E-state index is 11.8. The zero-order valence-electron chi connectivity index (χ0n) is 10.4. The first-order valence-corrected chi connectivity index (χ1v) is 5.51. The molecular weight excluding hydrogens is 252 g/mol. The van der Waals surface area contributed by atoms with Crippen molar-refractivity contribution in [3.05, 3.63) is 40.3 Å². The number of hydrogen-bond acceptors (Lipinski definition) is 6. The van der Waals surface area contributed by atoms with Gasteiger partial charge in [-0.1, -0.05) is 24.3 Å². The molecule has 19 heavy (non-hydrogen) atoms. The van der Waals surface area contributed by atoms with Crippen LogP contribution in [0.1, 0.15) is 23.2 Å². The van der Waals surface area contributed by atoms with E-state index in [0.717, 1.165) is 5.01 Å². The van der Waals surface area contributed by atoms with Crippen molar-refractivity contribution >= 4 is 11.9 Å². The van der Waals surface area contributed by atoms with E-state index in [1.807, 2.05) is 0 Å². The van der Waals surface area contributed by atoms with E-state index < -0.39 is 24.0 Å². The highest BCUT2D eigenvalue weighted by molar-refractivity contribution is 5.85. The lowest BCUT2D eigenvalue weighted by atomic mass is 10.0. The van der Waals surface area contributed by atoms with Crippen LogP contribution in [0.15, 0.2) is 29.6 Å². The van der Waals surface area contributed by atoms with Gasteiger partial charge in [0.1, 0.15) is 0 Å². The number of nitrogens with zero attached hydrogens (tertiary/aromatic N) is 2. The average Bonchev–Trinajstić information content (AvgIpc) is 2.79. The van der Waals surface area contributed by atoms with Crippen molar-refractivity contribution in [1.82, 2.24) is 5.01 Å². The molecular formula is C12H12N2O5. The zero-order chi connectivity index (χ0) is 14.0. The lowest BCUT2D eigenvalue weighted by molar-refractivity contribution is -0.153. The molecule has 0 aromatic heterocycles. The molecule has 1 aromatic carbocycles. The Bertz CT molecular complexity index is 488. The Morgan fingerprint density at radius 3 is 1.79 bits per heavy atom. The van der Waals surface area contributed by atoms with Crippen molar-refractivity contribution < 1.29 is 19.1 Å². The molecule has 0 spiro atoms. The molecule has 1 aliphatic heterocycles. The Balaban J connectivity index is 2.56. The van der Waals surface area contributed by atoms with Crippen LogP contribution in [0.4, 0.5) is 0 Å². The summed E-state index contributed by atoms with van der Waals surface area (Å²) in [6.45, 7) is 0. The van der Waals surface area contributed by atoms with Crippen LogP contribution in [0.3, 0.4) is 0 Å². The highest BCUT2D eigenvalue weighted by Gasteiger charge is 2.47. The molecule has 1 aliphatic rings. The quantitative estimate of drug-likeness (QED) is 0.600. The van der Waals surface area contributed by atoms with Gasteiger partial charge in [-0.15, -0.1) is 4.91 Å². The number of nitroso groups, excluding NO2 is 1. The van der Waals surface area contributed by atoms with E-state index in [0.29, 0.717) is 11.1 Å². The topological polar surface area (TPSA) is 85.3 Å². The fraction of sp³-hybridized carbons (Fsp3) is 0.333. The maximum Gasteiger partial charge on any atom is 0.335 e.